The van der Waals surface area contributed by atoms with E-state index < -0.39 is 0 Å². The minimum atomic E-state index is 0.277. The molecule has 2 nitrogen and oxygen atoms in total. The van der Waals surface area contributed by atoms with Crippen LogP contribution in [0.1, 0.15) is 47.7 Å². The van der Waals surface area contributed by atoms with Gasteiger partial charge in [-0.1, -0.05) is 31.0 Å². The van der Waals surface area contributed by atoms with Gasteiger partial charge in [0.25, 0.3) is 0 Å². The van der Waals surface area contributed by atoms with Gasteiger partial charge in [-0.05, 0) is 30.4 Å². The molecule has 92 valence electrons. The van der Waals surface area contributed by atoms with Crippen LogP contribution in [0.2, 0.25) is 0 Å². The number of hydrogen-bond acceptors (Lipinski definition) is 1. The smallest absolute Gasteiger partial charge is 0.183 e. The summed E-state index contributed by atoms with van der Waals surface area (Å²) in [4.78, 5) is 12.6. The second-order valence-electron chi connectivity index (χ2n) is 5.70. The standard InChI is InChI=1S/C16H17NO/c1-17-13-9-5-4-8-12(13)14-10-6-2-3-7-11(10)16(18)15(14)17/h4-5,8-11H,2-3,6-7H2,1H3/t10-,11+/m1/s1. The van der Waals surface area contributed by atoms with Crippen molar-refractivity contribution in [2.75, 3.05) is 0 Å². The van der Waals surface area contributed by atoms with E-state index in [9.17, 15) is 4.79 Å². The zero-order valence-corrected chi connectivity index (χ0v) is 10.6. The summed E-state index contributed by atoms with van der Waals surface area (Å²) in [6.07, 6.45) is 4.78. The highest BCUT2D eigenvalue weighted by atomic mass is 16.1. The number of ketones is 1. The predicted molar refractivity (Wildman–Crippen MR) is 71.9 cm³/mol. The van der Waals surface area contributed by atoms with E-state index in [-0.39, 0.29) is 5.92 Å². The van der Waals surface area contributed by atoms with E-state index in [1.54, 1.807) is 0 Å². The maximum Gasteiger partial charge on any atom is 0.183 e. The van der Waals surface area contributed by atoms with Gasteiger partial charge in [0, 0.05) is 23.9 Å². The Morgan fingerprint density at radius 2 is 1.83 bits per heavy atom. The largest absolute Gasteiger partial charge is 0.341 e. The van der Waals surface area contributed by atoms with Gasteiger partial charge in [-0.25, -0.2) is 0 Å². The molecule has 1 saturated carbocycles. The number of carbonyl (C=O) groups is 1. The number of Topliss-reactive ketones (excluding diaryl/α,β-unsaturated/α-hetero) is 1. The summed E-state index contributed by atoms with van der Waals surface area (Å²) in [5, 5.41) is 1.30. The van der Waals surface area contributed by atoms with E-state index in [1.165, 1.54) is 35.7 Å². The van der Waals surface area contributed by atoms with E-state index >= 15 is 0 Å². The van der Waals surface area contributed by atoms with E-state index in [0.29, 0.717) is 11.7 Å². The van der Waals surface area contributed by atoms with Crippen molar-refractivity contribution in [1.29, 1.82) is 0 Å². The molecule has 0 spiro atoms. The summed E-state index contributed by atoms with van der Waals surface area (Å²) in [6, 6.07) is 8.45. The van der Waals surface area contributed by atoms with Gasteiger partial charge in [-0.3, -0.25) is 4.79 Å². The number of carbonyl (C=O) groups excluding carboxylic acids is 1. The number of fused-ring (bicyclic) bond motifs is 5. The van der Waals surface area contributed by atoms with Crippen LogP contribution in [-0.4, -0.2) is 10.4 Å². The van der Waals surface area contributed by atoms with Gasteiger partial charge in [0.15, 0.2) is 5.78 Å². The lowest BCUT2D eigenvalue weighted by molar-refractivity contribution is 0.0891. The fourth-order valence-corrected chi connectivity index (χ4v) is 4.06. The Labute approximate surface area is 107 Å². The van der Waals surface area contributed by atoms with Crippen LogP contribution in [0.15, 0.2) is 24.3 Å². The fourth-order valence-electron chi connectivity index (χ4n) is 4.06. The van der Waals surface area contributed by atoms with Crippen LogP contribution in [0, 0.1) is 5.92 Å². The topological polar surface area (TPSA) is 22.0 Å². The Hall–Kier alpha value is -1.57. The lowest BCUT2D eigenvalue weighted by Crippen LogP contribution is -2.19. The number of rotatable bonds is 0. The van der Waals surface area contributed by atoms with E-state index in [4.69, 9.17) is 0 Å². The monoisotopic (exact) mass is 239 g/mol. The second kappa shape index (κ2) is 3.47. The first-order valence-corrected chi connectivity index (χ1v) is 6.90. The van der Waals surface area contributed by atoms with Crippen molar-refractivity contribution in [3.05, 3.63) is 35.5 Å². The molecule has 0 amide bonds. The zero-order valence-electron chi connectivity index (χ0n) is 10.6. The van der Waals surface area contributed by atoms with Gasteiger partial charge < -0.3 is 4.57 Å². The third-order valence-corrected chi connectivity index (χ3v) is 4.85. The average Bonchev–Trinajstić information content (AvgIpc) is 2.87. The van der Waals surface area contributed by atoms with Crippen LogP contribution in [0.5, 0.6) is 0 Å². The Balaban J connectivity index is 2.05. The molecule has 0 radical (unpaired) electrons. The minimum absolute atomic E-state index is 0.277. The number of aromatic nitrogens is 1. The molecule has 0 unspecified atom stereocenters. The van der Waals surface area contributed by atoms with Gasteiger partial charge in [0.1, 0.15) is 0 Å². The summed E-state index contributed by atoms with van der Waals surface area (Å²) < 4.78 is 2.12. The Morgan fingerprint density at radius 3 is 2.67 bits per heavy atom. The van der Waals surface area contributed by atoms with E-state index in [1.807, 2.05) is 7.05 Å². The zero-order chi connectivity index (χ0) is 12.3. The van der Waals surface area contributed by atoms with Crippen LogP contribution >= 0.6 is 0 Å². The molecule has 4 rings (SSSR count). The lowest BCUT2D eigenvalue weighted by atomic mass is 9.79. The van der Waals surface area contributed by atoms with Crippen LogP contribution in [0.4, 0.5) is 0 Å². The minimum Gasteiger partial charge on any atom is -0.341 e. The predicted octanol–water partition coefficient (Wildman–Crippen LogP) is 3.65. The lowest BCUT2D eigenvalue weighted by Gasteiger charge is -2.24. The molecule has 0 aliphatic heterocycles. The molecule has 2 aliphatic carbocycles. The summed E-state index contributed by atoms with van der Waals surface area (Å²) in [5.74, 6) is 1.17. The third kappa shape index (κ3) is 1.11. The van der Waals surface area contributed by atoms with Crippen molar-refractivity contribution < 1.29 is 4.79 Å². The summed E-state index contributed by atoms with van der Waals surface area (Å²) in [7, 11) is 2.04. The number of nitrogens with zero attached hydrogens (tertiary/aromatic N) is 1. The van der Waals surface area contributed by atoms with Crippen LogP contribution in [-0.2, 0) is 7.05 Å². The molecule has 0 N–H and O–H groups in total. The van der Waals surface area contributed by atoms with Gasteiger partial charge in [-0.2, -0.15) is 0 Å². The quantitative estimate of drug-likeness (QED) is 0.687. The molecule has 1 aromatic carbocycles. The molecule has 18 heavy (non-hydrogen) atoms. The van der Waals surface area contributed by atoms with Gasteiger partial charge in [-0.15, -0.1) is 0 Å². The van der Waals surface area contributed by atoms with Crippen molar-refractivity contribution in [3.8, 4) is 0 Å². The van der Waals surface area contributed by atoms with Crippen molar-refractivity contribution in [1.82, 2.24) is 4.57 Å². The number of para-hydroxylation sites is 1. The number of aryl methyl sites for hydroxylation is 1. The molecule has 1 fully saturated rings. The summed E-state index contributed by atoms with van der Waals surface area (Å²) in [5.41, 5.74) is 3.55. The second-order valence-corrected chi connectivity index (χ2v) is 5.70. The number of hydrogen-bond donors (Lipinski definition) is 0. The van der Waals surface area contributed by atoms with Crippen molar-refractivity contribution in [2.24, 2.45) is 13.0 Å². The fraction of sp³-hybridized carbons (Fsp3) is 0.438. The highest BCUT2D eigenvalue weighted by Crippen LogP contribution is 2.49. The first-order valence-electron chi connectivity index (χ1n) is 6.90. The Kier molecular flexibility index (Phi) is 2.00. The molecule has 0 bridgehead atoms. The molecule has 1 heterocycles. The molecule has 1 aromatic heterocycles. The summed E-state index contributed by atoms with van der Waals surface area (Å²) in [6.45, 7) is 0. The Morgan fingerprint density at radius 1 is 1.11 bits per heavy atom. The maximum absolute atomic E-state index is 12.6. The SMILES string of the molecule is Cn1c2c(c3ccccc31)[C@@H]1CCCC[C@@H]1C2=O. The van der Waals surface area contributed by atoms with Gasteiger partial charge in [0.2, 0.25) is 0 Å². The Bertz CT molecular complexity index is 652. The first kappa shape index (κ1) is 10.4. The summed E-state index contributed by atoms with van der Waals surface area (Å²) >= 11 is 0. The normalized spacial score (nSPS) is 26.4. The molecule has 2 atom stereocenters. The molecule has 2 aromatic rings. The highest BCUT2D eigenvalue weighted by molar-refractivity contribution is 6.08. The molecule has 2 aliphatic rings. The first-order chi connectivity index (χ1) is 8.79. The third-order valence-electron chi connectivity index (χ3n) is 4.85. The highest BCUT2D eigenvalue weighted by Gasteiger charge is 2.44. The van der Waals surface area contributed by atoms with E-state index in [2.05, 4.69) is 28.8 Å². The molecular weight excluding hydrogens is 222 g/mol. The van der Waals surface area contributed by atoms with Crippen molar-refractivity contribution >= 4 is 16.7 Å². The van der Waals surface area contributed by atoms with E-state index in [0.717, 1.165) is 12.1 Å². The molecule has 0 saturated heterocycles. The van der Waals surface area contributed by atoms with Crippen LogP contribution < -0.4 is 0 Å². The molecular formula is C16H17NO. The van der Waals surface area contributed by atoms with Crippen LogP contribution in [0.3, 0.4) is 0 Å². The van der Waals surface area contributed by atoms with Gasteiger partial charge in [0.05, 0.1) is 5.69 Å². The maximum atomic E-state index is 12.6. The van der Waals surface area contributed by atoms with Crippen LogP contribution in [0.25, 0.3) is 10.9 Å². The van der Waals surface area contributed by atoms with Gasteiger partial charge >= 0.3 is 0 Å². The molecule has 2 heteroatoms. The average molecular weight is 239 g/mol. The van der Waals surface area contributed by atoms with Crippen molar-refractivity contribution in [2.45, 2.75) is 31.6 Å². The van der Waals surface area contributed by atoms with Crippen molar-refractivity contribution in [3.63, 3.8) is 0 Å². The number of benzene rings is 1.